The first-order chi connectivity index (χ1) is 8.65. The molecule has 0 aliphatic heterocycles. The van der Waals surface area contributed by atoms with Crippen LogP contribution in [0.5, 0.6) is 5.75 Å². The van der Waals surface area contributed by atoms with Crippen molar-refractivity contribution in [2.75, 3.05) is 0 Å². The average Bonchev–Trinajstić information content (AvgIpc) is 2.26. The molecule has 0 atom stereocenters. The number of pyridine rings is 1. The third kappa shape index (κ3) is 4.00. The van der Waals surface area contributed by atoms with Crippen molar-refractivity contribution in [1.82, 2.24) is 4.98 Å². The van der Waals surface area contributed by atoms with Crippen molar-refractivity contribution in [3.05, 3.63) is 23.0 Å². The molecule has 0 aliphatic carbocycles. The van der Waals surface area contributed by atoms with Crippen LogP contribution in [0.2, 0.25) is 0 Å². The van der Waals surface area contributed by atoms with Crippen molar-refractivity contribution in [3.63, 3.8) is 0 Å². The Balaban J connectivity index is 3.45. The first-order valence-corrected chi connectivity index (χ1v) is 5.01. The van der Waals surface area contributed by atoms with Crippen LogP contribution >= 0.6 is 11.6 Å². The Morgan fingerprint density at radius 3 is 2.42 bits per heavy atom. The van der Waals surface area contributed by atoms with Crippen molar-refractivity contribution >= 4 is 16.8 Å². The minimum Gasteiger partial charge on any atom is -0.403 e. The topological polar surface area (TPSA) is 65.2 Å². The number of rotatable bonds is 4. The maximum atomic E-state index is 12.5. The van der Waals surface area contributed by atoms with E-state index >= 15 is 0 Å². The normalized spacial score (nSPS) is 11.8. The van der Waals surface area contributed by atoms with E-state index in [9.17, 15) is 26.7 Å². The molecule has 10 heteroatoms. The Hall–Kier alpha value is -1.48. The zero-order chi connectivity index (χ0) is 14.8. The fraction of sp³-hybridized carbons (Fsp3) is 0.333. The van der Waals surface area contributed by atoms with Gasteiger partial charge in [-0.15, -0.1) is 13.2 Å². The minimum atomic E-state index is -5.14. The standard InChI is InChI=1S/C9H6ClF5N2O2/c10-7(18)3-1-4(8(11)12)17-5(2-16)6(3)19-9(13,14)15/h1,8H,2,16H2. The Morgan fingerprint density at radius 1 is 1.47 bits per heavy atom. The third-order valence-electron chi connectivity index (χ3n) is 1.91. The van der Waals surface area contributed by atoms with Gasteiger partial charge in [0.25, 0.3) is 11.7 Å². The second kappa shape index (κ2) is 5.66. The summed E-state index contributed by atoms with van der Waals surface area (Å²) in [6, 6.07) is 0.431. The summed E-state index contributed by atoms with van der Waals surface area (Å²) >= 11 is 5.04. The van der Waals surface area contributed by atoms with Crippen LogP contribution in [0.3, 0.4) is 0 Å². The van der Waals surface area contributed by atoms with Gasteiger partial charge >= 0.3 is 6.36 Å². The second-order valence-electron chi connectivity index (χ2n) is 3.20. The molecule has 0 fully saturated rings. The summed E-state index contributed by atoms with van der Waals surface area (Å²) in [4.78, 5) is 14.2. The van der Waals surface area contributed by atoms with Crippen molar-refractivity contribution < 1.29 is 31.5 Å². The van der Waals surface area contributed by atoms with Gasteiger partial charge in [-0.1, -0.05) is 0 Å². The van der Waals surface area contributed by atoms with E-state index < -0.39 is 47.3 Å². The monoisotopic (exact) mass is 304 g/mol. The molecule has 1 aromatic heterocycles. The van der Waals surface area contributed by atoms with E-state index in [1.54, 1.807) is 0 Å². The largest absolute Gasteiger partial charge is 0.573 e. The van der Waals surface area contributed by atoms with Crippen LogP contribution in [0.4, 0.5) is 22.0 Å². The molecular weight excluding hydrogens is 299 g/mol. The van der Waals surface area contributed by atoms with Crippen LogP contribution < -0.4 is 10.5 Å². The molecule has 0 unspecified atom stereocenters. The highest BCUT2D eigenvalue weighted by atomic mass is 35.5. The van der Waals surface area contributed by atoms with Gasteiger partial charge in [-0.3, -0.25) is 4.79 Å². The second-order valence-corrected chi connectivity index (χ2v) is 3.54. The van der Waals surface area contributed by atoms with Crippen LogP contribution in [-0.2, 0) is 6.54 Å². The van der Waals surface area contributed by atoms with Gasteiger partial charge < -0.3 is 10.5 Å². The highest BCUT2D eigenvalue weighted by molar-refractivity contribution is 6.68. The number of nitrogens with zero attached hydrogens (tertiary/aromatic N) is 1. The lowest BCUT2D eigenvalue weighted by molar-refractivity contribution is -0.275. The van der Waals surface area contributed by atoms with E-state index in [1.165, 1.54) is 0 Å². The molecule has 1 heterocycles. The van der Waals surface area contributed by atoms with Crippen molar-refractivity contribution in [2.45, 2.75) is 19.3 Å². The molecule has 1 aromatic rings. The van der Waals surface area contributed by atoms with Gasteiger partial charge in [0.05, 0.1) is 11.3 Å². The number of carbonyl (C=O) groups excluding carboxylic acids is 1. The molecule has 0 aromatic carbocycles. The lowest BCUT2D eigenvalue weighted by Crippen LogP contribution is -2.21. The van der Waals surface area contributed by atoms with Gasteiger partial charge in [0.15, 0.2) is 5.75 Å². The Bertz CT molecular complexity index is 492. The maximum absolute atomic E-state index is 12.5. The lowest BCUT2D eigenvalue weighted by atomic mass is 10.1. The molecular formula is C9H6ClF5N2O2. The smallest absolute Gasteiger partial charge is 0.403 e. The van der Waals surface area contributed by atoms with Gasteiger partial charge in [0.1, 0.15) is 5.69 Å². The van der Waals surface area contributed by atoms with Gasteiger partial charge in [-0.2, -0.15) is 0 Å². The number of halogens is 6. The summed E-state index contributed by atoms with van der Waals surface area (Å²) in [7, 11) is 0. The predicted octanol–water partition coefficient (Wildman–Crippen LogP) is 2.76. The quantitative estimate of drug-likeness (QED) is 0.686. The van der Waals surface area contributed by atoms with E-state index in [2.05, 4.69) is 9.72 Å². The molecule has 0 amide bonds. The summed E-state index contributed by atoms with van der Waals surface area (Å²) < 4.78 is 65.0. The van der Waals surface area contributed by atoms with Crippen LogP contribution in [-0.4, -0.2) is 16.6 Å². The minimum absolute atomic E-state index is 0.431. The van der Waals surface area contributed by atoms with Crippen LogP contribution in [0.1, 0.15) is 28.2 Å². The van der Waals surface area contributed by atoms with Crippen molar-refractivity contribution in [1.29, 1.82) is 0 Å². The number of aromatic nitrogens is 1. The fourth-order valence-corrected chi connectivity index (χ4v) is 1.37. The van der Waals surface area contributed by atoms with Gasteiger partial charge in [0, 0.05) is 6.54 Å². The molecule has 0 saturated heterocycles. The number of alkyl halides is 5. The molecule has 0 bridgehead atoms. The van der Waals surface area contributed by atoms with E-state index in [4.69, 9.17) is 17.3 Å². The van der Waals surface area contributed by atoms with Crippen LogP contribution in [0, 0.1) is 0 Å². The number of hydrogen-bond donors (Lipinski definition) is 1. The SMILES string of the molecule is NCc1nc(C(F)F)cc(C(=O)Cl)c1OC(F)(F)F. The number of carbonyl (C=O) groups is 1. The lowest BCUT2D eigenvalue weighted by Gasteiger charge is -2.15. The Morgan fingerprint density at radius 2 is 2.05 bits per heavy atom. The highest BCUT2D eigenvalue weighted by Crippen LogP contribution is 2.32. The van der Waals surface area contributed by atoms with Crippen molar-refractivity contribution in [3.8, 4) is 5.75 Å². The molecule has 0 aliphatic rings. The zero-order valence-electron chi connectivity index (χ0n) is 8.97. The fourth-order valence-electron chi connectivity index (χ4n) is 1.23. The van der Waals surface area contributed by atoms with Gasteiger partial charge in [-0.25, -0.2) is 13.8 Å². The molecule has 0 saturated carbocycles. The highest BCUT2D eigenvalue weighted by Gasteiger charge is 2.35. The molecule has 4 nitrogen and oxygen atoms in total. The van der Waals surface area contributed by atoms with E-state index in [-0.39, 0.29) is 0 Å². The van der Waals surface area contributed by atoms with E-state index in [1.807, 2.05) is 0 Å². The molecule has 106 valence electrons. The summed E-state index contributed by atoms with van der Waals surface area (Å²) in [6.45, 7) is -0.636. The number of nitrogens with two attached hydrogens (primary N) is 1. The van der Waals surface area contributed by atoms with Gasteiger partial charge in [-0.05, 0) is 17.7 Å². The summed E-state index contributed by atoms with van der Waals surface area (Å²) in [6.07, 6.45) is -8.24. The maximum Gasteiger partial charge on any atom is 0.573 e. The molecule has 2 N–H and O–H groups in total. The zero-order valence-corrected chi connectivity index (χ0v) is 9.73. The van der Waals surface area contributed by atoms with E-state index in [0.29, 0.717) is 6.07 Å². The summed E-state index contributed by atoms with van der Waals surface area (Å²) in [5.74, 6) is -1.07. The Kier molecular flexibility index (Phi) is 4.64. The summed E-state index contributed by atoms with van der Waals surface area (Å²) in [5, 5.41) is -1.39. The molecule has 0 spiro atoms. The number of hydrogen-bond acceptors (Lipinski definition) is 4. The van der Waals surface area contributed by atoms with E-state index in [0.717, 1.165) is 0 Å². The first-order valence-electron chi connectivity index (χ1n) is 4.63. The predicted molar refractivity (Wildman–Crippen MR) is 54.0 cm³/mol. The van der Waals surface area contributed by atoms with Gasteiger partial charge in [0.2, 0.25) is 0 Å². The molecule has 0 radical (unpaired) electrons. The first kappa shape index (κ1) is 15.6. The Labute approximate surface area is 108 Å². The summed E-state index contributed by atoms with van der Waals surface area (Å²) in [5.41, 5.74) is 2.67. The molecule has 19 heavy (non-hydrogen) atoms. The number of ether oxygens (including phenoxy) is 1. The van der Waals surface area contributed by atoms with Crippen LogP contribution in [0.25, 0.3) is 0 Å². The van der Waals surface area contributed by atoms with Crippen molar-refractivity contribution in [2.24, 2.45) is 5.73 Å². The third-order valence-corrected chi connectivity index (χ3v) is 2.11. The molecule has 1 rings (SSSR count). The average molecular weight is 305 g/mol. The van der Waals surface area contributed by atoms with Crippen LogP contribution in [0.15, 0.2) is 6.07 Å².